The van der Waals surface area contributed by atoms with Crippen molar-refractivity contribution in [1.82, 2.24) is 0 Å². The SMILES string of the molecule is O=C=NCc1ccccc1C1CCCCC1. The van der Waals surface area contributed by atoms with Crippen LogP contribution in [0.25, 0.3) is 0 Å². The summed E-state index contributed by atoms with van der Waals surface area (Å²) >= 11 is 0. The summed E-state index contributed by atoms with van der Waals surface area (Å²) in [6.45, 7) is 0.482. The fourth-order valence-electron chi connectivity index (χ4n) is 2.61. The van der Waals surface area contributed by atoms with Crippen LogP contribution in [0.1, 0.15) is 49.1 Å². The van der Waals surface area contributed by atoms with Crippen molar-refractivity contribution in [3.63, 3.8) is 0 Å². The van der Waals surface area contributed by atoms with Crippen LogP contribution < -0.4 is 0 Å². The molecule has 0 atom stereocenters. The van der Waals surface area contributed by atoms with E-state index in [2.05, 4.69) is 23.2 Å². The van der Waals surface area contributed by atoms with Crippen LogP contribution in [0.2, 0.25) is 0 Å². The van der Waals surface area contributed by atoms with Crippen LogP contribution in [-0.4, -0.2) is 6.08 Å². The van der Waals surface area contributed by atoms with Crippen LogP contribution in [0.4, 0.5) is 0 Å². The average molecular weight is 215 g/mol. The summed E-state index contributed by atoms with van der Waals surface area (Å²) in [5, 5.41) is 0. The molecule has 0 heterocycles. The van der Waals surface area contributed by atoms with Crippen molar-refractivity contribution in [2.45, 2.75) is 44.6 Å². The number of carbonyl (C=O) groups excluding carboxylic acids is 1. The molecule has 2 nitrogen and oxygen atoms in total. The lowest BCUT2D eigenvalue weighted by atomic mass is 9.82. The van der Waals surface area contributed by atoms with E-state index in [9.17, 15) is 4.79 Å². The van der Waals surface area contributed by atoms with Gasteiger partial charge < -0.3 is 0 Å². The van der Waals surface area contributed by atoms with E-state index in [0.717, 1.165) is 0 Å². The first-order chi connectivity index (χ1) is 7.92. The molecule has 1 aromatic rings. The summed E-state index contributed by atoms with van der Waals surface area (Å²) in [4.78, 5) is 13.9. The Balaban J connectivity index is 2.20. The zero-order valence-corrected chi connectivity index (χ0v) is 9.48. The molecule has 0 aliphatic heterocycles. The number of isocyanates is 1. The Bertz CT molecular complexity index is 387. The van der Waals surface area contributed by atoms with Gasteiger partial charge in [0.2, 0.25) is 6.08 Å². The average Bonchev–Trinajstić information content (AvgIpc) is 2.38. The molecule has 1 aromatic carbocycles. The number of hydrogen-bond donors (Lipinski definition) is 0. The number of nitrogens with zero attached hydrogens (tertiary/aromatic N) is 1. The molecule has 0 spiro atoms. The summed E-state index contributed by atoms with van der Waals surface area (Å²) < 4.78 is 0. The van der Waals surface area contributed by atoms with Gasteiger partial charge in [0.25, 0.3) is 0 Å². The maximum atomic E-state index is 10.2. The molecule has 1 aliphatic rings. The van der Waals surface area contributed by atoms with Gasteiger partial charge in [-0.2, -0.15) is 0 Å². The maximum Gasteiger partial charge on any atom is 0.235 e. The fraction of sp³-hybridized carbons (Fsp3) is 0.500. The largest absolute Gasteiger partial charge is 0.235 e. The Morgan fingerprint density at radius 2 is 1.94 bits per heavy atom. The maximum absolute atomic E-state index is 10.2. The monoisotopic (exact) mass is 215 g/mol. The second-order valence-electron chi connectivity index (χ2n) is 4.44. The molecule has 1 aliphatic carbocycles. The van der Waals surface area contributed by atoms with Crippen LogP contribution in [0, 0.1) is 0 Å². The molecule has 2 rings (SSSR count). The van der Waals surface area contributed by atoms with Crippen molar-refractivity contribution in [2.75, 3.05) is 0 Å². The topological polar surface area (TPSA) is 29.4 Å². The highest BCUT2D eigenvalue weighted by molar-refractivity contribution is 5.36. The molecule has 1 fully saturated rings. The zero-order valence-electron chi connectivity index (χ0n) is 9.48. The standard InChI is InChI=1S/C14H17NO/c16-11-15-10-13-8-4-5-9-14(13)12-6-2-1-3-7-12/h4-5,8-9,12H,1-3,6-7,10H2. The van der Waals surface area contributed by atoms with Crippen LogP contribution in [0.15, 0.2) is 29.3 Å². The van der Waals surface area contributed by atoms with E-state index in [1.165, 1.54) is 43.2 Å². The Morgan fingerprint density at radius 3 is 2.69 bits per heavy atom. The molecule has 16 heavy (non-hydrogen) atoms. The van der Waals surface area contributed by atoms with Gasteiger partial charge in [-0.1, -0.05) is 43.5 Å². The van der Waals surface area contributed by atoms with E-state index in [-0.39, 0.29) is 0 Å². The first kappa shape index (κ1) is 11.1. The van der Waals surface area contributed by atoms with Gasteiger partial charge in [-0.3, -0.25) is 0 Å². The first-order valence-electron chi connectivity index (χ1n) is 6.03. The minimum absolute atomic E-state index is 0.482. The predicted molar refractivity (Wildman–Crippen MR) is 64.1 cm³/mol. The summed E-state index contributed by atoms with van der Waals surface area (Å²) in [6.07, 6.45) is 8.21. The van der Waals surface area contributed by atoms with E-state index in [1.807, 2.05) is 6.07 Å². The highest BCUT2D eigenvalue weighted by atomic mass is 16.1. The van der Waals surface area contributed by atoms with Gasteiger partial charge >= 0.3 is 0 Å². The third kappa shape index (κ3) is 2.59. The van der Waals surface area contributed by atoms with Crippen molar-refractivity contribution in [1.29, 1.82) is 0 Å². The molecular weight excluding hydrogens is 198 g/mol. The summed E-state index contributed by atoms with van der Waals surface area (Å²) in [7, 11) is 0. The van der Waals surface area contributed by atoms with E-state index >= 15 is 0 Å². The third-order valence-corrected chi connectivity index (χ3v) is 3.41. The van der Waals surface area contributed by atoms with Gasteiger partial charge in [-0.05, 0) is 29.9 Å². The number of rotatable bonds is 3. The molecule has 0 unspecified atom stereocenters. The van der Waals surface area contributed by atoms with Crippen molar-refractivity contribution in [2.24, 2.45) is 4.99 Å². The second-order valence-corrected chi connectivity index (χ2v) is 4.44. The second kappa shape index (κ2) is 5.62. The van der Waals surface area contributed by atoms with Gasteiger partial charge in [0.05, 0.1) is 6.54 Å². The molecule has 1 saturated carbocycles. The van der Waals surface area contributed by atoms with Crippen LogP contribution in [-0.2, 0) is 11.3 Å². The summed E-state index contributed by atoms with van der Waals surface area (Å²) in [5.74, 6) is 0.673. The van der Waals surface area contributed by atoms with Crippen LogP contribution in [0.5, 0.6) is 0 Å². The molecule has 84 valence electrons. The van der Waals surface area contributed by atoms with Crippen molar-refractivity contribution >= 4 is 6.08 Å². The Labute approximate surface area is 96.4 Å². The van der Waals surface area contributed by atoms with E-state index < -0.39 is 0 Å². The zero-order chi connectivity index (χ0) is 11.2. The quantitative estimate of drug-likeness (QED) is 0.560. The van der Waals surface area contributed by atoms with E-state index in [4.69, 9.17) is 0 Å². The Hall–Kier alpha value is -1.40. The molecule has 2 heteroatoms. The molecule has 0 bridgehead atoms. The number of benzene rings is 1. The molecule has 0 N–H and O–H groups in total. The first-order valence-corrected chi connectivity index (χ1v) is 6.03. The minimum atomic E-state index is 0.482. The lowest BCUT2D eigenvalue weighted by Crippen LogP contribution is -2.07. The van der Waals surface area contributed by atoms with Gasteiger partial charge in [0.15, 0.2) is 0 Å². The summed E-state index contributed by atoms with van der Waals surface area (Å²) in [5.41, 5.74) is 2.58. The molecule has 0 aromatic heterocycles. The summed E-state index contributed by atoms with van der Waals surface area (Å²) in [6, 6.07) is 8.36. The lowest BCUT2D eigenvalue weighted by Gasteiger charge is -2.23. The van der Waals surface area contributed by atoms with Gasteiger partial charge in [-0.15, -0.1) is 0 Å². The van der Waals surface area contributed by atoms with Crippen LogP contribution >= 0.6 is 0 Å². The van der Waals surface area contributed by atoms with Gasteiger partial charge in [-0.25, -0.2) is 9.79 Å². The molecule has 0 saturated heterocycles. The number of aliphatic imine (C=N–C) groups is 1. The fourth-order valence-corrected chi connectivity index (χ4v) is 2.61. The smallest absolute Gasteiger partial charge is 0.211 e. The number of hydrogen-bond acceptors (Lipinski definition) is 2. The highest BCUT2D eigenvalue weighted by Crippen LogP contribution is 2.34. The predicted octanol–water partition coefficient (Wildman–Crippen LogP) is 3.57. The highest BCUT2D eigenvalue weighted by Gasteiger charge is 2.17. The minimum Gasteiger partial charge on any atom is -0.211 e. The Morgan fingerprint density at radius 1 is 1.19 bits per heavy atom. The Kier molecular flexibility index (Phi) is 3.90. The normalized spacial score (nSPS) is 16.8. The van der Waals surface area contributed by atoms with Gasteiger partial charge in [0.1, 0.15) is 0 Å². The van der Waals surface area contributed by atoms with Crippen molar-refractivity contribution in [3.05, 3.63) is 35.4 Å². The van der Waals surface area contributed by atoms with Gasteiger partial charge in [0, 0.05) is 0 Å². The lowest BCUT2D eigenvalue weighted by molar-refractivity contribution is 0.441. The van der Waals surface area contributed by atoms with E-state index in [0.29, 0.717) is 12.5 Å². The molecule has 0 radical (unpaired) electrons. The van der Waals surface area contributed by atoms with Crippen LogP contribution in [0.3, 0.4) is 0 Å². The van der Waals surface area contributed by atoms with Crippen molar-refractivity contribution < 1.29 is 4.79 Å². The molecule has 0 amide bonds. The third-order valence-electron chi connectivity index (χ3n) is 3.41. The molecular formula is C14H17NO. The van der Waals surface area contributed by atoms with E-state index in [1.54, 1.807) is 6.08 Å². The van der Waals surface area contributed by atoms with Crippen molar-refractivity contribution in [3.8, 4) is 0 Å².